The average Bonchev–Trinajstić information content (AvgIpc) is 3.43. The fraction of sp³-hybridized carbons (Fsp3) is 0.278. The van der Waals surface area contributed by atoms with Crippen molar-refractivity contribution in [2.24, 2.45) is 0 Å². The second-order valence-electron chi connectivity index (χ2n) is 6.53. The molecule has 3 N–H and O–H groups in total. The highest BCUT2D eigenvalue weighted by atomic mass is 32.2. The largest absolute Gasteiger partial charge is 0.461 e. The molecule has 164 valence electrons. The Morgan fingerprint density at radius 2 is 2.00 bits per heavy atom. The molecule has 2 aromatic heterocycles. The summed E-state index contributed by atoms with van der Waals surface area (Å²) >= 11 is 1.10. The monoisotopic (exact) mass is 464 g/mol. The lowest BCUT2D eigenvalue weighted by molar-refractivity contribution is -0.113. The summed E-state index contributed by atoms with van der Waals surface area (Å²) in [5.41, 5.74) is 0.380. The number of hydrogen-bond acceptors (Lipinski definition) is 9. The number of nitrogens with zero attached hydrogens (tertiary/aromatic N) is 4. The van der Waals surface area contributed by atoms with E-state index in [0.29, 0.717) is 48.7 Å². The third-order valence-corrected chi connectivity index (χ3v) is 7.30. The van der Waals surface area contributed by atoms with Crippen LogP contribution in [0.1, 0.15) is 0 Å². The van der Waals surface area contributed by atoms with E-state index in [-0.39, 0.29) is 16.6 Å². The van der Waals surface area contributed by atoms with Gasteiger partial charge in [0.25, 0.3) is 0 Å². The molecule has 0 unspecified atom stereocenters. The number of aromatic nitrogens is 3. The second kappa shape index (κ2) is 9.09. The zero-order chi connectivity index (χ0) is 21.8. The minimum Gasteiger partial charge on any atom is -0.461 e. The van der Waals surface area contributed by atoms with E-state index in [0.717, 1.165) is 11.8 Å². The van der Waals surface area contributed by atoms with Crippen molar-refractivity contribution in [1.29, 1.82) is 0 Å². The van der Waals surface area contributed by atoms with Crippen molar-refractivity contribution >= 4 is 33.4 Å². The molecule has 11 nitrogen and oxygen atoms in total. The van der Waals surface area contributed by atoms with E-state index in [1.54, 1.807) is 24.3 Å². The Kier molecular flexibility index (Phi) is 6.27. The average molecular weight is 465 g/mol. The number of sulfonamides is 1. The van der Waals surface area contributed by atoms with Gasteiger partial charge >= 0.3 is 0 Å². The number of benzene rings is 1. The van der Waals surface area contributed by atoms with Crippen LogP contribution in [-0.2, 0) is 19.6 Å². The van der Waals surface area contributed by atoms with Crippen molar-refractivity contribution in [3.05, 3.63) is 42.7 Å². The quantitative estimate of drug-likeness (QED) is 0.386. The predicted molar refractivity (Wildman–Crippen MR) is 113 cm³/mol. The zero-order valence-corrected chi connectivity index (χ0v) is 17.9. The number of thioether (sulfide) groups is 1. The number of furan rings is 1. The van der Waals surface area contributed by atoms with Gasteiger partial charge in [0.15, 0.2) is 5.76 Å². The van der Waals surface area contributed by atoms with Crippen LogP contribution in [0.3, 0.4) is 0 Å². The maximum atomic E-state index is 12.8. The van der Waals surface area contributed by atoms with Gasteiger partial charge in [-0.25, -0.2) is 13.1 Å². The molecule has 0 spiro atoms. The van der Waals surface area contributed by atoms with Gasteiger partial charge in [0.2, 0.25) is 26.9 Å². The summed E-state index contributed by atoms with van der Waals surface area (Å²) in [4.78, 5) is 12.5. The first-order valence-electron chi connectivity index (χ1n) is 9.30. The van der Waals surface area contributed by atoms with Gasteiger partial charge in [-0.3, -0.25) is 4.79 Å². The van der Waals surface area contributed by atoms with Crippen molar-refractivity contribution in [1.82, 2.24) is 19.2 Å². The predicted octanol–water partition coefficient (Wildman–Crippen LogP) is 1.00. The fourth-order valence-electron chi connectivity index (χ4n) is 2.95. The van der Waals surface area contributed by atoms with Crippen LogP contribution in [0, 0.1) is 0 Å². The Balaban J connectivity index is 1.39. The van der Waals surface area contributed by atoms with E-state index < -0.39 is 10.0 Å². The van der Waals surface area contributed by atoms with E-state index in [1.165, 1.54) is 27.4 Å². The molecule has 1 fully saturated rings. The van der Waals surface area contributed by atoms with Crippen molar-refractivity contribution in [2.45, 2.75) is 10.1 Å². The van der Waals surface area contributed by atoms with Crippen LogP contribution in [0.15, 0.2) is 57.1 Å². The molecule has 1 aromatic carbocycles. The summed E-state index contributed by atoms with van der Waals surface area (Å²) in [7, 11) is -3.65. The summed E-state index contributed by atoms with van der Waals surface area (Å²) < 4.78 is 38.6. The summed E-state index contributed by atoms with van der Waals surface area (Å²) in [5.74, 6) is 6.44. The minimum absolute atomic E-state index is 0.00787. The number of carbonyl (C=O) groups excluding carboxylic acids is 1. The molecule has 31 heavy (non-hydrogen) atoms. The summed E-state index contributed by atoms with van der Waals surface area (Å²) in [5, 5.41) is 11.0. The molecule has 1 aliphatic rings. The molecular formula is C18H20N6O5S2. The first-order chi connectivity index (χ1) is 14.9. The standard InChI is InChI=1S/C18H20N6O5S2/c19-24-17(15-5-2-8-29-15)21-22-18(24)30-12-16(25)20-13-3-1-4-14(11-13)31(26,27)23-6-9-28-10-7-23/h1-5,8,11H,6-7,9-10,12,19H2,(H,20,25). The molecule has 4 rings (SSSR count). The molecule has 0 bridgehead atoms. The number of amides is 1. The van der Waals surface area contributed by atoms with E-state index >= 15 is 0 Å². The summed E-state index contributed by atoms with van der Waals surface area (Å²) in [6, 6.07) is 9.56. The number of anilines is 1. The Bertz CT molecular complexity index is 1160. The van der Waals surface area contributed by atoms with Crippen LogP contribution in [-0.4, -0.2) is 65.6 Å². The molecule has 0 saturated carbocycles. The highest BCUT2D eigenvalue weighted by molar-refractivity contribution is 7.99. The van der Waals surface area contributed by atoms with E-state index in [1.807, 2.05) is 0 Å². The smallest absolute Gasteiger partial charge is 0.243 e. The van der Waals surface area contributed by atoms with Crippen LogP contribution in [0.5, 0.6) is 0 Å². The van der Waals surface area contributed by atoms with Crippen molar-refractivity contribution in [3.63, 3.8) is 0 Å². The van der Waals surface area contributed by atoms with Gasteiger partial charge < -0.3 is 20.3 Å². The maximum Gasteiger partial charge on any atom is 0.243 e. The van der Waals surface area contributed by atoms with Crippen LogP contribution >= 0.6 is 11.8 Å². The molecule has 3 heterocycles. The minimum atomic E-state index is -3.65. The molecule has 1 saturated heterocycles. The van der Waals surface area contributed by atoms with Gasteiger partial charge in [-0.05, 0) is 30.3 Å². The normalized spacial score (nSPS) is 15.1. The Labute approximate surface area is 182 Å². The Hall–Kier alpha value is -2.87. The van der Waals surface area contributed by atoms with Crippen LogP contribution < -0.4 is 11.2 Å². The van der Waals surface area contributed by atoms with Crippen molar-refractivity contribution in [3.8, 4) is 11.6 Å². The lowest BCUT2D eigenvalue weighted by Crippen LogP contribution is -2.40. The lowest BCUT2D eigenvalue weighted by atomic mass is 10.3. The number of morpholine rings is 1. The van der Waals surface area contributed by atoms with E-state index in [4.69, 9.17) is 15.0 Å². The topological polar surface area (TPSA) is 146 Å². The van der Waals surface area contributed by atoms with Crippen LogP contribution in [0.4, 0.5) is 5.69 Å². The van der Waals surface area contributed by atoms with Gasteiger partial charge in [0.1, 0.15) is 0 Å². The molecule has 1 amide bonds. The van der Waals surface area contributed by atoms with E-state index in [2.05, 4.69) is 15.5 Å². The Morgan fingerprint density at radius 3 is 2.74 bits per heavy atom. The van der Waals surface area contributed by atoms with Crippen LogP contribution in [0.2, 0.25) is 0 Å². The molecule has 0 aliphatic carbocycles. The number of carbonyl (C=O) groups is 1. The fourth-order valence-corrected chi connectivity index (χ4v) is 5.06. The number of hydrogen-bond donors (Lipinski definition) is 2. The Morgan fingerprint density at radius 1 is 1.19 bits per heavy atom. The first kappa shape index (κ1) is 21.4. The molecule has 13 heteroatoms. The molecule has 0 atom stereocenters. The third-order valence-electron chi connectivity index (χ3n) is 4.46. The number of nitrogen functional groups attached to an aromatic ring is 1. The van der Waals surface area contributed by atoms with Gasteiger partial charge in [-0.15, -0.1) is 10.2 Å². The number of ether oxygens (including phenoxy) is 1. The molecule has 3 aromatic rings. The van der Waals surface area contributed by atoms with Crippen LogP contribution in [0.25, 0.3) is 11.6 Å². The first-order valence-corrected chi connectivity index (χ1v) is 11.7. The lowest BCUT2D eigenvalue weighted by Gasteiger charge is -2.26. The second-order valence-corrected chi connectivity index (χ2v) is 9.42. The van der Waals surface area contributed by atoms with Gasteiger partial charge in [-0.2, -0.15) is 4.31 Å². The number of nitrogens with two attached hydrogens (primary N) is 1. The molecule has 1 aliphatic heterocycles. The summed E-state index contributed by atoms with van der Waals surface area (Å²) in [6.45, 7) is 1.32. The maximum absolute atomic E-state index is 12.8. The highest BCUT2D eigenvalue weighted by Gasteiger charge is 2.26. The third kappa shape index (κ3) is 4.74. The molecular weight excluding hydrogens is 444 g/mol. The van der Waals surface area contributed by atoms with Crippen molar-refractivity contribution in [2.75, 3.05) is 43.2 Å². The zero-order valence-electron chi connectivity index (χ0n) is 16.3. The van der Waals surface area contributed by atoms with E-state index in [9.17, 15) is 13.2 Å². The van der Waals surface area contributed by atoms with Gasteiger partial charge in [0.05, 0.1) is 30.1 Å². The SMILES string of the molecule is Nn1c(SCC(=O)Nc2cccc(S(=O)(=O)N3CCOCC3)c2)nnc1-c1ccco1. The van der Waals surface area contributed by atoms with Gasteiger partial charge in [0, 0.05) is 18.8 Å². The number of nitrogens with one attached hydrogen (secondary N) is 1. The molecule has 0 radical (unpaired) electrons. The van der Waals surface area contributed by atoms with Crippen molar-refractivity contribution < 1.29 is 22.4 Å². The number of rotatable bonds is 7. The highest BCUT2D eigenvalue weighted by Crippen LogP contribution is 2.23. The van der Waals surface area contributed by atoms with Gasteiger partial charge in [-0.1, -0.05) is 17.8 Å². The summed E-state index contributed by atoms with van der Waals surface area (Å²) in [6.07, 6.45) is 1.50.